The van der Waals surface area contributed by atoms with Crippen LogP contribution in [0.2, 0.25) is 0 Å². The van der Waals surface area contributed by atoms with Gasteiger partial charge in [0, 0.05) is 31.4 Å². The average Bonchev–Trinajstić information content (AvgIpc) is 2.82. The Morgan fingerprint density at radius 2 is 2.12 bits per heavy atom. The van der Waals surface area contributed by atoms with E-state index in [4.69, 9.17) is 14.5 Å². The van der Waals surface area contributed by atoms with Gasteiger partial charge in [-0.05, 0) is 68.5 Å². The number of aromatic nitrogens is 1. The molecule has 1 aliphatic heterocycles. The van der Waals surface area contributed by atoms with E-state index in [2.05, 4.69) is 28.1 Å². The van der Waals surface area contributed by atoms with Crippen LogP contribution in [0.15, 0.2) is 30.3 Å². The number of ether oxygens (including phenoxy) is 2. The van der Waals surface area contributed by atoms with Crippen LogP contribution in [-0.2, 0) is 22.4 Å². The lowest BCUT2D eigenvalue weighted by atomic mass is 10.0. The molecular formula is C25H35FN4O3. The topological polar surface area (TPSA) is 84.5 Å². The molecule has 0 bridgehead atoms. The fraction of sp³-hybridized carbons (Fsp3) is 0.520. The number of nitrogens with zero attached hydrogens (tertiary/aromatic N) is 1. The fourth-order valence-electron chi connectivity index (χ4n) is 3.96. The molecule has 0 unspecified atom stereocenters. The third kappa shape index (κ3) is 7.68. The zero-order valence-corrected chi connectivity index (χ0v) is 19.6. The molecule has 0 radical (unpaired) electrons. The van der Waals surface area contributed by atoms with Crippen molar-refractivity contribution in [3.05, 3.63) is 53.0 Å². The van der Waals surface area contributed by atoms with Crippen LogP contribution in [0.25, 0.3) is 0 Å². The van der Waals surface area contributed by atoms with E-state index < -0.39 is 5.82 Å². The average molecular weight is 459 g/mol. The number of nitrogens with one attached hydrogen (secondary N) is 3. The Labute approximate surface area is 195 Å². The Morgan fingerprint density at radius 3 is 2.91 bits per heavy atom. The summed E-state index contributed by atoms with van der Waals surface area (Å²) in [6, 6.07) is 8.73. The van der Waals surface area contributed by atoms with Gasteiger partial charge in [0.2, 0.25) is 0 Å². The van der Waals surface area contributed by atoms with E-state index in [1.54, 1.807) is 19.1 Å². The normalized spacial score (nSPS) is 13.7. The number of hydrogen-bond donors (Lipinski definition) is 3. The predicted octanol–water partition coefficient (Wildman–Crippen LogP) is 3.39. The lowest BCUT2D eigenvalue weighted by Crippen LogP contribution is -2.32. The van der Waals surface area contributed by atoms with Gasteiger partial charge in [-0.25, -0.2) is 9.37 Å². The van der Waals surface area contributed by atoms with Crippen molar-refractivity contribution in [3.63, 3.8) is 0 Å². The van der Waals surface area contributed by atoms with Gasteiger partial charge in [-0.3, -0.25) is 4.79 Å². The lowest BCUT2D eigenvalue weighted by Gasteiger charge is -2.19. The molecule has 2 aromatic rings. The highest BCUT2D eigenvalue weighted by Crippen LogP contribution is 2.24. The monoisotopic (exact) mass is 458 g/mol. The lowest BCUT2D eigenvalue weighted by molar-refractivity contribution is -0.143. The number of aryl methyl sites for hydroxylation is 2. The summed E-state index contributed by atoms with van der Waals surface area (Å²) in [7, 11) is 1.43. The molecule has 0 aliphatic carbocycles. The molecule has 0 saturated heterocycles. The second kappa shape index (κ2) is 13.1. The highest BCUT2D eigenvalue weighted by molar-refractivity contribution is 5.70. The smallest absolute Gasteiger partial charge is 0.307 e. The molecule has 3 N–H and O–H groups in total. The third-order valence-electron chi connectivity index (χ3n) is 5.69. The molecule has 8 heteroatoms. The number of carbonyl (C=O) groups excluding carboxylic acids is 1. The third-order valence-corrected chi connectivity index (χ3v) is 5.69. The van der Waals surface area contributed by atoms with Gasteiger partial charge in [0.05, 0.1) is 20.1 Å². The van der Waals surface area contributed by atoms with E-state index in [-0.39, 0.29) is 24.2 Å². The van der Waals surface area contributed by atoms with E-state index >= 15 is 0 Å². The van der Waals surface area contributed by atoms with Crippen LogP contribution in [0.3, 0.4) is 0 Å². The van der Waals surface area contributed by atoms with Crippen molar-refractivity contribution in [3.8, 4) is 5.75 Å². The number of carbonyl (C=O) groups is 1. The molecular weight excluding hydrogens is 423 g/mol. The SMILES string of the molecule is CCOC(=O)C[C@H](NCCNCCCc1ccc2c(n1)NCCC2)c1ccc(OC)c(F)c1. The maximum atomic E-state index is 14.2. The number of rotatable bonds is 13. The van der Waals surface area contributed by atoms with Crippen LogP contribution >= 0.6 is 0 Å². The molecule has 33 heavy (non-hydrogen) atoms. The maximum absolute atomic E-state index is 14.2. The van der Waals surface area contributed by atoms with Crippen LogP contribution in [0.5, 0.6) is 5.75 Å². The summed E-state index contributed by atoms with van der Waals surface area (Å²) in [4.78, 5) is 16.8. The van der Waals surface area contributed by atoms with Gasteiger partial charge in [-0.15, -0.1) is 0 Å². The van der Waals surface area contributed by atoms with E-state index in [1.165, 1.54) is 25.2 Å². The zero-order chi connectivity index (χ0) is 23.5. The first-order valence-electron chi connectivity index (χ1n) is 11.8. The number of hydrogen-bond acceptors (Lipinski definition) is 7. The van der Waals surface area contributed by atoms with Gasteiger partial charge in [0.1, 0.15) is 5.82 Å². The summed E-state index contributed by atoms with van der Waals surface area (Å²) in [6.07, 6.45) is 4.32. The molecule has 180 valence electrons. The number of fused-ring (bicyclic) bond motifs is 1. The first kappa shape index (κ1) is 24.9. The van der Waals surface area contributed by atoms with E-state index in [9.17, 15) is 9.18 Å². The highest BCUT2D eigenvalue weighted by Gasteiger charge is 2.18. The Bertz CT molecular complexity index is 909. The van der Waals surface area contributed by atoms with Crippen molar-refractivity contribution >= 4 is 11.8 Å². The van der Waals surface area contributed by atoms with Crippen LogP contribution < -0.4 is 20.7 Å². The second-order valence-corrected chi connectivity index (χ2v) is 8.10. The number of benzene rings is 1. The summed E-state index contributed by atoms with van der Waals surface area (Å²) in [5.74, 6) is 0.457. The van der Waals surface area contributed by atoms with Gasteiger partial charge in [-0.2, -0.15) is 0 Å². The molecule has 2 heterocycles. The van der Waals surface area contributed by atoms with Gasteiger partial charge in [0.15, 0.2) is 11.6 Å². The Hall–Kier alpha value is -2.71. The van der Waals surface area contributed by atoms with Crippen LogP contribution in [-0.4, -0.2) is 50.8 Å². The van der Waals surface area contributed by atoms with Crippen molar-refractivity contribution in [1.82, 2.24) is 15.6 Å². The molecule has 1 aromatic heterocycles. The molecule has 0 spiro atoms. The van der Waals surface area contributed by atoms with Crippen molar-refractivity contribution in [2.45, 2.75) is 45.1 Å². The Balaban J connectivity index is 1.42. The van der Waals surface area contributed by atoms with Crippen molar-refractivity contribution in [2.24, 2.45) is 0 Å². The van der Waals surface area contributed by atoms with Gasteiger partial charge >= 0.3 is 5.97 Å². The minimum absolute atomic E-state index is 0.137. The van der Waals surface area contributed by atoms with Gasteiger partial charge < -0.3 is 25.4 Å². The zero-order valence-electron chi connectivity index (χ0n) is 19.6. The van der Waals surface area contributed by atoms with Crippen LogP contribution in [0.4, 0.5) is 10.2 Å². The number of halogens is 1. The van der Waals surface area contributed by atoms with Gasteiger partial charge in [0.25, 0.3) is 0 Å². The summed E-state index contributed by atoms with van der Waals surface area (Å²) >= 11 is 0. The molecule has 1 aliphatic rings. The molecule has 3 rings (SSSR count). The maximum Gasteiger partial charge on any atom is 0.307 e. The summed E-state index contributed by atoms with van der Waals surface area (Å²) in [6.45, 7) is 5.33. The van der Waals surface area contributed by atoms with E-state index in [0.717, 1.165) is 50.4 Å². The first-order chi connectivity index (χ1) is 16.1. The number of methoxy groups -OCH3 is 1. The predicted molar refractivity (Wildman–Crippen MR) is 127 cm³/mol. The molecule has 1 atom stereocenters. The molecule has 1 aromatic carbocycles. The first-order valence-corrected chi connectivity index (χ1v) is 11.8. The summed E-state index contributed by atoms with van der Waals surface area (Å²) in [5.41, 5.74) is 3.11. The van der Waals surface area contributed by atoms with Crippen LogP contribution in [0.1, 0.15) is 49.0 Å². The largest absolute Gasteiger partial charge is 0.494 e. The number of anilines is 1. The van der Waals surface area contributed by atoms with Crippen molar-refractivity contribution in [2.75, 3.05) is 45.2 Å². The molecule has 0 saturated carbocycles. The highest BCUT2D eigenvalue weighted by atomic mass is 19.1. The minimum Gasteiger partial charge on any atom is -0.494 e. The minimum atomic E-state index is -0.449. The van der Waals surface area contributed by atoms with Crippen LogP contribution in [0, 0.1) is 5.82 Å². The van der Waals surface area contributed by atoms with E-state index in [1.807, 2.05) is 0 Å². The Kier molecular flexibility index (Phi) is 9.90. The molecule has 0 amide bonds. The molecule has 7 nitrogen and oxygen atoms in total. The summed E-state index contributed by atoms with van der Waals surface area (Å²) < 4.78 is 24.2. The number of pyridine rings is 1. The standard InChI is InChI=1S/C25H35FN4O3/c1-3-33-24(31)17-22(19-9-11-23(32-2)21(26)16-19)28-15-14-27-12-5-7-20-10-8-18-6-4-13-29-25(18)30-20/h8-11,16,22,27-28H,3-7,12-15,17H2,1-2H3,(H,29,30)/t22-/m0/s1. The number of esters is 1. The van der Waals surface area contributed by atoms with Gasteiger partial charge in [-0.1, -0.05) is 12.1 Å². The Morgan fingerprint density at radius 1 is 1.24 bits per heavy atom. The van der Waals surface area contributed by atoms with Crippen molar-refractivity contribution < 1.29 is 18.7 Å². The summed E-state index contributed by atoms with van der Waals surface area (Å²) in [5, 5.41) is 10.1. The second-order valence-electron chi connectivity index (χ2n) is 8.10. The van der Waals surface area contributed by atoms with E-state index in [0.29, 0.717) is 18.7 Å². The van der Waals surface area contributed by atoms with Crippen molar-refractivity contribution in [1.29, 1.82) is 0 Å². The fourth-order valence-corrected chi connectivity index (χ4v) is 3.96. The molecule has 0 fully saturated rings. The quantitative estimate of drug-likeness (QED) is 0.313.